The van der Waals surface area contributed by atoms with Gasteiger partial charge in [0.1, 0.15) is 10.4 Å². The van der Waals surface area contributed by atoms with Gasteiger partial charge in [0.25, 0.3) is 0 Å². The van der Waals surface area contributed by atoms with E-state index >= 15 is 0 Å². The van der Waals surface area contributed by atoms with Gasteiger partial charge in [-0.3, -0.25) is 0 Å². The number of nitrogens with one attached hydrogen (secondary N) is 1. The van der Waals surface area contributed by atoms with Crippen LogP contribution >= 0.6 is 45.5 Å². The summed E-state index contributed by atoms with van der Waals surface area (Å²) in [5.74, 6) is 1.09. The molecule has 0 radical (unpaired) electrons. The van der Waals surface area contributed by atoms with E-state index in [9.17, 15) is 0 Å². The molecule has 2 aliphatic rings. The van der Waals surface area contributed by atoms with Crippen LogP contribution in [0.1, 0.15) is 0 Å². The minimum atomic E-state index is 0.475. The summed E-state index contributed by atoms with van der Waals surface area (Å²) in [4.78, 5) is 0. The molecule has 0 bridgehead atoms. The summed E-state index contributed by atoms with van der Waals surface area (Å²) in [5, 5.41) is 4.21. The summed E-state index contributed by atoms with van der Waals surface area (Å²) in [5.41, 5.74) is 0. The first-order valence-electron chi connectivity index (χ1n) is 2.59. The highest BCUT2D eigenvalue weighted by atomic mass is 33.1. The highest BCUT2D eigenvalue weighted by Crippen LogP contribution is 2.38. The summed E-state index contributed by atoms with van der Waals surface area (Å²) in [6.45, 7) is 0. The number of hydrogen-bond donors (Lipinski definition) is 1. The lowest BCUT2D eigenvalue weighted by Crippen LogP contribution is -2.20. The van der Waals surface area contributed by atoms with Crippen molar-refractivity contribution in [2.75, 3.05) is 0 Å². The number of amidine groups is 1. The third kappa shape index (κ3) is 1.44. The van der Waals surface area contributed by atoms with E-state index in [-0.39, 0.29) is 0 Å². The summed E-state index contributed by atoms with van der Waals surface area (Å²) >= 11 is 3.60. The molecule has 0 aromatic rings. The Labute approximate surface area is 75.7 Å². The Morgan fingerprint density at radius 1 is 1.40 bits per heavy atom. The second kappa shape index (κ2) is 3.34. The van der Waals surface area contributed by atoms with E-state index in [1.165, 1.54) is 11.0 Å². The van der Waals surface area contributed by atoms with E-state index in [4.69, 9.17) is 0 Å². The van der Waals surface area contributed by atoms with Gasteiger partial charge < -0.3 is 4.72 Å². The van der Waals surface area contributed by atoms with Crippen molar-refractivity contribution >= 4 is 51.3 Å². The van der Waals surface area contributed by atoms with Crippen molar-refractivity contribution in [3.63, 3.8) is 0 Å². The molecular formula is C4H4N2S4. The molecule has 0 amide bonds. The Bertz CT molecular complexity index is 182. The third-order valence-corrected chi connectivity index (χ3v) is 4.70. The van der Waals surface area contributed by atoms with Crippen LogP contribution in [0.4, 0.5) is 0 Å². The molecule has 2 nitrogen and oxygen atoms in total. The maximum atomic E-state index is 4.22. The van der Waals surface area contributed by atoms with E-state index in [0.717, 1.165) is 5.84 Å². The van der Waals surface area contributed by atoms with Gasteiger partial charge in [-0.2, -0.15) is 4.40 Å². The van der Waals surface area contributed by atoms with Gasteiger partial charge in [-0.15, -0.1) is 23.5 Å². The lowest BCUT2D eigenvalue weighted by molar-refractivity contribution is 1.48. The number of thioether (sulfide) groups is 2. The smallest absolute Gasteiger partial charge is 0.146 e. The number of hydrogen-bond acceptors (Lipinski definition) is 6. The van der Waals surface area contributed by atoms with Gasteiger partial charge in [-0.1, -0.05) is 0 Å². The van der Waals surface area contributed by atoms with E-state index in [1.807, 2.05) is 0 Å². The highest BCUT2D eigenvalue weighted by Gasteiger charge is 2.21. The SMILES string of the molecule is C1=CSC(C2=NSSN2)S1. The van der Waals surface area contributed by atoms with Crippen molar-refractivity contribution in [3.05, 3.63) is 10.8 Å². The van der Waals surface area contributed by atoms with Gasteiger partial charge in [0, 0.05) is 11.0 Å². The topological polar surface area (TPSA) is 24.4 Å². The minimum Gasteiger partial charge on any atom is -0.305 e. The first-order valence-corrected chi connectivity index (χ1v) is 6.58. The van der Waals surface area contributed by atoms with Gasteiger partial charge in [-0.05, 0) is 10.8 Å². The van der Waals surface area contributed by atoms with Crippen LogP contribution in [-0.2, 0) is 0 Å². The summed E-state index contributed by atoms with van der Waals surface area (Å²) in [7, 11) is 3.09. The van der Waals surface area contributed by atoms with Crippen LogP contribution in [-0.4, -0.2) is 10.4 Å². The molecule has 0 aliphatic carbocycles. The Morgan fingerprint density at radius 3 is 2.80 bits per heavy atom. The molecule has 0 saturated carbocycles. The summed E-state index contributed by atoms with van der Waals surface area (Å²) in [6, 6.07) is 0. The quantitative estimate of drug-likeness (QED) is 0.527. The third-order valence-electron chi connectivity index (χ3n) is 1.00. The maximum Gasteiger partial charge on any atom is 0.146 e. The Morgan fingerprint density at radius 2 is 2.20 bits per heavy atom. The zero-order valence-corrected chi connectivity index (χ0v) is 8.08. The van der Waals surface area contributed by atoms with Gasteiger partial charge in [-0.25, -0.2) is 0 Å². The second-order valence-electron chi connectivity index (χ2n) is 1.61. The predicted octanol–water partition coefficient (Wildman–Crippen LogP) is 2.48. The van der Waals surface area contributed by atoms with Gasteiger partial charge >= 0.3 is 0 Å². The molecule has 2 rings (SSSR count). The second-order valence-corrected chi connectivity index (χ2v) is 5.59. The maximum absolute atomic E-state index is 4.22. The standard InChI is InChI=1S/C4H4N2S4/c1-2-8-4(7-1)3-5-9-10-6-3/h1-2,4H,(H,5,6). The monoisotopic (exact) mass is 208 g/mol. The van der Waals surface area contributed by atoms with Crippen LogP contribution in [0.25, 0.3) is 0 Å². The summed E-state index contributed by atoms with van der Waals surface area (Å²) in [6.07, 6.45) is 0. The molecule has 0 aromatic heterocycles. The molecule has 0 atom stereocenters. The fourth-order valence-corrected chi connectivity index (χ4v) is 4.13. The van der Waals surface area contributed by atoms with Gasteiger partial charge in [0.2, 0.25) is 0 Å². The molecule has 54 valence electrons. The number of rotatable bonds is 1. The molecule has 0 saturated heterocycles. The van der Waals surface area contributed by atoms with Crippen molar-refractivity contribution in [2.45, 2.75) is 4.58 Å². The van der Waals surface area contributed by atoms with Crippen molar-refractivity contribution < 1.29 is 0 Å². The highest BCUT2D eigenvalue weighted by molar-refractivity contribution is 8.76. The molecule has 6 heteroatoms. The van der Waals surface area contributed by atoms with Crippen molar-refractivity contribution in [3.8, 4) is 0 Å². The molecule has 0 spiro atoms. The zero-order chi connectivity index (χ0) is 6.81. The molecule has 1 N–H and O–H groups in total. The van der Waals surface area contributed by atoms with Crippen molar-refractivity contribution in [1.29, 1.82) is 0 Å². The van der Waals surface area contributed by atoms with E-state index in [0.29, 0.717) is 4.58 Å². The normalized spacial score (nSPS) is 25.0. The first kappa shape index (κ1) is 7.27. The molecule has 10 heavy (non-hydrogen) atoms. The fraction of sp³-hybridized carbons (Fsp3) is 0.250. The molecule has 0 fully saturated rings. The lowest BCUT2D eigenvalue weighted by Gasteiger charge is -2.04. The van der Waals surface area contributed by atoms with Crippen LogP contribution < -0.4 is 4.72 Å². The first-order chi connectivity index (χ1) is 4.97. The van der Waals surface area contributed by atoms with E-state index in [2.05, 4.69) is 19.9 Å². The van der Waals surface area contributed by atoms with Crippen LogP contribution in [0.15, 0.2) is 15.2 Å². The van der Waals surface area contributed by atoms with Crippen LogP contribution in [0, 0.1) is 0 Å². The van der Waals surface area contributed by atoms with Gasteiger partial charge in [0.05, 0.1) is 11.0 Å². The van der Waals surface area contributed by atoms with Crippen molar-refractivity contribution in [2.24, 2.45) is 4.40 Å². The van der Waals surface area contributed by atoms with Crippen molar-refractivity contribution in [1.82, 2.24) is 4.72 Å². The molecule has 2 aliphatic heterocycles. The average Bonchev–Trinajstić information content (AvgIpc) is 2.59. The summed E-state index contributed by atoms with van der Waals surface area (Å²) < 4.78 is 7.84. The largest absolute Gasteiger partial charge is 0.305 e. The minimum absolute atomic E-state index is 0.475. The molecule has 0 aromatic carbocycles. The van der Waals surface area contributed by atoms with Crippen LogP contribution in [0.5, 0.6) is 0 Å². The van der Waals surface area contributed by atoms with Crippen LogP contribution in [0.2, 0.25) is 0 Å². The average molecular weight is 208 g/mol. The Kier molecular flexibility index (Phi) is 2.43. The fourth-order valence-electron chi connectivity index (χ4n) is 0.598. The predicted molar refractivity (Wildman–Crippen MR) is 53.9 cm³/mol. The van der Waals surface area contributed by atoms with Crippen LogP contribution in [0.3, 0.4) is 0 Å². The Balaban J connectivity index is 1.99. The van der Waals surface area contributed by atoms with Gasteiger partial charge in [0.15, 0.2) is 0 Å². The Hall–Kier alpha value is 0.610. The van der Waals surface area contributed by atoms with E-state index in [1.54, 1.807) is 34.5 Å². The zero-order valence-electron chi connectivity index (χ0n) is 4.81. The lowest BCUT2D eigenvalue weighted by atomic mass is 10.7. The molecular weight excluding hydrogens is 204 g/mol. The molecule has 0 unspecified atom stereocenters. The number of nitrogens with zero attached hydrogens (tertiary/aromatic N) is 1. The van der Waals surface area contributed by atoms with E-state index < -0.39 is 0 Å². The molecule has 2 heterocycles.